The SMILES string of the molecule is COc1ccc(Br)c2cc(-c3c[nH]c4ncnc(N)c34)sc12. The highest BCUT2D eigenvalue weighted by atomic mass is 79.9. The molecule has 0 radical (unpaired) electrons. The molecule has 22 heavy (non-hydrogen) atoms. The highest BCUT2D eigenvalue weighted by Gasteiger charge is 2.16. The van der Waals surface area contributed by atoms with Crippen LogP contribution in [0.4, 0.5) is 5.82 Å². The van der Waals surface area contributed by atoms with E-state index in [9.17, 15) is 0 Å². The van der Waals surface area contributed by atoms with E-state index in [-0.39, 0.29) is 0 Å². The number of hydrogen-bond donors (Lipinski definition) is 2. The molecule has 0 aliphatic rings. The fourth-order valence-corrected chi connectivity index (χ4v) is 4.32. The number of nitrogens with two attached hydrogens (primary N) is 1. The third kappa shape index (κ3) is 1.89. The number of H-pyrrole nitrogens is 1. The van der Waals surface area contributed by atoms with E-state index in [4.69, 9.17) is 10.5 Å². The minimum atomic E-state index is 0.477. The maximum atomic E-state index is 6.02. The van der Waals surface area contributed by atoms with Gasteiger partial charge in [-0.25, -0.2) is 9.97 Å². The molecule has 4 rings (SSSR count). The molecule has 3 heterocycles. The topological polar surface area (TPSA) is 76.8 Å². The summed E-state index contributed by atoms with van der Waals surface area (Å²) in [4.78, 5) is 12.5. The predicted molar refractivity (Wildman–Crippen MR) is 93.4 cm³/mol. The molecule has 0 unspecified atom stereocenters. The van der Waals surface area contributed by atoms with Gasteiger partial charge in [0.2, 0.25) is 0 Å². The van der Waals surface area contributed by atoms with Gasteiger partial charge in [0.05, 0.1) is 17.2 Å². The Morgan fingerprint density at radius 1 is 1.32 bits per heavy atom. The lowest BCUT2D eigenvalue weighted by Gasteiger charge is -2.01. The Morgan fingerprint density at radius 3 is 3.00 bits per heavy atom. The summed E-state index contributed by atoms with van der Waals surface area (Å²) in [6.45, 7) is 0. The van der Waals surface area contributed by atoms with E-state index in [2.05, 4.69) is 36.9 Å². The summed E-state index contributed by atoms with van der Waals surface area (Å²) in [6.07, 6.45) is 3.38. The van der Waals surface area contributed by atoms with Gasteiger partial charge in [-0.15, -0.1) is 11.3 Å². The summed E-state index contributed by atoms with van der Waals surface area (Å²) in [6, 6.07) is 6.07. The molecule has 0 saturated heterocycles. The first-order valence-corrected chi connectivity index (χ1v) is 8.14. The van der Waals surface area contributed by atoms with Gasteiger partial charge in [-0.1, -0.05) is 15.9 Å². The molecule has 4 aromatic rings. The van der Waals surface area contributed by atoms with Gasteiger partial charge < -0.3 is 15.5 Å². The molecule has 3 aromatic heterocycles. The van der Waals surface area contributed by atoms with Crippen molar-refractivity contribution in [1.29, 1.82) is 0 Å². The Labute approximate surface area is 138 Å². The fourth-order valence-electron chi connectivity index (χ4n) is 2.54. The van der Waals surface area contributed by atoms with Crippen LogP contribution < -0.4 is 10.5 Å². The average Bonchev–Trinajstić information content (AvgIpc) is 3.12. The van der Waals surface area contributed by atoms with Gasteiger partial charge >= 0.3 is 0 Å². The highest BCUT2D eigenvalue weighted by molar-refractivity contribution is 9.10. The number of nitrogens with zero attached hydrogens (tertiary/aromatic N) is 2. The van der Waals surface area contributed by atoms with Gasteiger partial charge in [0.25, 0.3) is 0 Å². The maximum absolute atomic E-state index is 6.02. The zero-order chi connectivity index (χ0) is 15.3. The van der Waals surface area contributed by atoms with Gasteiger partial charge in [-0.3, -0.25) is 0 Å². The zero-order valence-corrected chi connectivity index (χ0v) is 14.0. The number of hydrogen-bond acceptors (Lipinski definition) is 5. The number of ether oxygens (including phenoxy) is 1. The van der Waals surface area contributed by atoms with Crippen molar-refractivity contribution in [2.75, 3.05) is 12.8 Å². The van der Waals surface area contributed by atoms with Crippen LogP contribution in [0.3, 0.4) is 0 Å². The van der Waals surface area contributed by atoms with E-state index in [1.54, 1.807) is 18.4 Å². The van der Waals surface area contributed by atoms with Crippen molar-refractivity contribution in [3.63, 3.8) is 0 Å². The van der Waals surface area contributed by atoms with Crippen molar-refractivity contribution in [3.05, 3.63) is 35.2 Å². The fraction of sp³-hybridized carbons (Fsp3) is 0.0667. The standard InChI is InChI=1S/C15H11BrN4OS/c1-21-10-3-2-9(16)7-4-11(22-13(7)10)8-5-18-15-12(8)14(17)19-6-20-15/h2-6H,1H3,(H3,17,18,19,20). The predicted octanol–water partition coefficient (Wildman–Crippen LogP) is 4.19. The quantitative estimate of drug-likeness (QED) is 0.551. The second-order valence-corrected chi connectivity index (χ2v) is 6.69. The molecule has 0 saturated carbocycles. The Hall–Kier alpha value is -2.12. The van der Waals surface area contributed by atoms with E-state index >= 15 is 0 Å². The third-order valence-electron chi connectivity index (χ3n) is 3.58. The molecule has 0 atom stereocenters. The molecule has 0 bridgehead atoms. The summed E-state index contributed by atoms with van der Waals surface area (Å²) in [5.41, 5.74) is 7.76. The summed E-state index contributed by atoms with van der Waals surface area (Å²) >= 11 is 5.25. The average molecular weight is 375 g/mol. The highest BCUT2D eigenvalue weighted by Crippen LogP contribution is 2.43. The van der Waals surface area contributed by atoms with E-state index in [0.717, 1.165) is 41.8 Å². The molecular formula is C15H11BrN4OS. The smallest absolute Gasteiger partial charge is 0.143 e. The zero-order valence-electron chi connectivity index (χ0n) is 11.6. The number of anilines is 1. The maximum Gasteiger partial charge on any atom is 0.143 e. The van der Waals surface area contributed by atoms with Gasteiger partial charge in [0, 0.05) is 26.5 Å². The number of nitrogens with one attached hydrogen (secondary N) is 1. The number of benzene rings is 1. The molecule has 1 aromatic carbocycles. The van der Waals surface area contributed by atoms with E-state index in [1.165, 1.54) is 6.33 Å². The van der Waals surface area contributed by atoms with Crippen LogP contribution in [0.2, 0.25) is 0 Å². The Balaban J connectivity index is 2.03. The number of aromatic nitrogens is 3. The van der Waals surface area contributed by atoms with Crippen molar-refractivity contribution < 1.29 is 4.74 Å². The van der Waals surface area contributed by atoms with Crippen LogP contribution in [0.15, 0.2) is 35.2 Å². The molecular weight excluding hydrogens is 364 g/mol. The molecule has 0 spiro atoms. The van der Waals surface area contributed by atoms with Crippen LogP contribution in [0.25, 0.3) is 31.6 Å². The van der Waals surface area contributed by atoms with Crippen LogP contribution in [0, 0.1) is 0 Å². The van der Waals surface area contributed by atoms with Crippen molar-refractivity contribution in [2.45, 2.75) is 0 Å². The van der Waals surface area contributed by atoms with Crippen LogP contribution >= 0.6 is 27.3 Å². The van der Waals surface area contributed by atoms with Crippen LogP contribution in [0.1, 0.15) is 0 Å². The number of nitrogen functional groups attached to an aromatic ring is 1. The Kier molecular flexibility index (Phi) is 3.05. The van der Waals surface area contributed by atoms with Gasteiger partial charge in [0.15, 0.2) is 0 Å². The lowest BCUT2D eigenvalue weighted by atomic mass is 10.1. The Bertz CT molecular complexity index is 1010. The first-order chi connectivity index (χ1) is 10.7. The Morgan fingerprint density at radius 2 is 2.18 bits per heavy atom. The van der Waals surface area contributed by atoms with Gasteiger partial charge in [-0.05, 0) is 18.2 Å². The molecule has 5 nitrogen and oxygen atoms in total. The lowest BCUT2D eigenvalue weighted by Crippen LogP contribution is -1.91. The van der Waals surface area contributed by atoms with E-state index < -0.39 is 0 Å². The molecule has 3 N–H and O–H groups in total. The number of thiophene rings is 1. The minimum Gasteiger partial charge on any atom is -0.495 e. The van der Waals surface area contributed by atoms with Crippen molar-refractivity contribution in [2.24, 2.45) is 0 Å². The summed E-state index contributed by atoms with van der Waals surface area (Å²) in [5, 5.41) is 1.97. The lowest BCUT2D eigenvalue weighted by molar-refractivity contribution is 0.420. The largest absolute Gasteiger partial charge is 0.495 e. The first-order valence-electron chi connectivity index (χ1n) is 6.53. The molecule has 0 aliphatic heterocycles. The molecule has 0 amide bonds. The van der Waals surface area contributed by atoms with Crippen LogP contribution in [0.5, 0.6) is 5.75 Å². The van der Waals surface area contributed by atoms with Crippen molar-refractivity contribution >= 4 is 54.2 Å². The van der Waals surface area contributed by atoms with Gasteiger partial charge in [0.1, 0.15) is 23.5 Å². The second-order valence-electron chi connectivity index (χ2n) is 4.79. The molecule has 7 heteroatoms. The number of fused-ring (bicyclic) bond motifs is 2. The molecule has 0 fully saturated rings. The summed E-state index contributed by atoms with van der Waals surface area (Å²) < 4.78 is 7.59. The van der Waals surface area contributed by atoms with Crippen molar-refractivity contribution in [1.82, 2.24) is 15.0 Å². The first kappa shape index (κ1) is 13.5. The van der Waals surface area contributed by atoms with Crippen molar-refractivity contribution in [3.8, 4) is 16.2 Å². The monoisotopic (exact) mass is 374 g/mol. The summed E-state index contributed by atoms with van der Waals surface area (Å²) in [5.74, 6) is 1.34. The third-order valence-corrected chi connectivity index (χ3v) is 5.45. The molecule has 110 valence electrons. The number of methoxy groups -OCH3 is 1. The van der Waals surface area contributed by atoms with Crippen LogP contribution in [-0.2, 0) is 0 Å². The number of rotatable bonds is 2. The number of aromatic amines is 1. The van der Waals surface area contributed by atoms with Gasteiger partial charge in [-0.2, -0.15) is 0 Å². The molecule has 0 aliphatic carbocycles. The van der Waals surface area contributed by atoms with E-state index in [0.29, 0.717) is 5.82 Å². The summed E-state index contributed by atoms with van der Waals surface area (Å²) in [7, 11) is 1.68. The number of halogens is 1. The second kappa shape index (κ2) is 4.96. The normalized spacial score (nSPS) is 11.4. The minimum absolute atomic E-state index is 0.477. The van der Waals surface area contributed by atoms with E-state index in [1.807, 2.05) is 18.3 Å². The van der Waals surface area contributed by atoms with Crippen LogP contribution in [-0.4, -0.2) is 22.1 Å².